The number of methoxy groups -OCH3 is 1. The summed E-state index contributed by atoms with van der Waals surface area (Å²) in [6.07, 6.45) is 3.11. The molecule has 0 radical (unpaired) electrons. The molecule has 142 valence electrons. The minimum Gasteiger partial charge on any atom is -0.491 e. The molecule has 1 N–H and O–H groups in total. The number of thioether (sulfide) groups is 1. The molecule has 0 unspecified atom stereocenters. The van der Waals surface area contributed by atoms with E-state index in [0.29, 0.717) is 28.2 Å². The van der Waals surface area contributed by atoms with Crippen molar-refractivity contribution in [3.05, 3.63) is 46.3 Å². The van der Waals surface area contributed by atoms with Crippen molar-refractivity contribution in [2.75, 3.05) is 12.4 Å². The zero-order valence-corrected chi connectivity index (χ0v) is 15.8. The van der Waals surface area contributed by atoms with Crippen LogP contribution in [0.1, 0.15) is 11.5 Å². The third-order valence-corrected chi connectivity index (χ3v) is 4.70. The quantitative estimate of drug-likeness (QED) is 0.598. The Bertz CT molecular complexity index is 1010. The fourth-order valence-corrected chi connectivity index (χ4v) is 3.20. The van der Waals surface area contributed by atoms with Gasteiger partial charge in [-0.25, -0.2) is 0 Å². The van der Waals surface area contributed by atoms with Crippen molar-refractivity contribution in [1.29, 1.82) is 0 Å². The summed E-state index contributed by atoms with van der Waals surface area (Å²) in [7, 11) is 3.24. The Balaban J connectivity index is 1.79. The van der Waals surface area contributed by atoms with E-state index in [0.717, 1.165) is 0 Å². The molecule has 3 aromatic rings. The van der Waals surface area contributed by atoms with Crippen LogP contribution in [0.3, 0.4) is 0 Å². The summed E-state index contributed by atoms with van der Waals surface area (Å²) in [6, 6.07) is 3.07. The van der Waals surface area contributed by atoms with E-state index in [1.54, 1.807) is 28.5 Å². The summed E-state index contributed by atoms with van der Waals surface area (Å²) < 4.78 is 13.5. The highest BCUT2D eigenvalue weighted by Gasteiger charge is 2.13. The van der Waals surface area contributed by atoms with Crippen molar-refractivity contribution in [3.8, 4) is 5.75 Å². The minimum atomic E-state index is -0.307. The third kappa shape index (κ3) is 4.56. The number of nitrogens with zero attached hydrogens (tertiary/aromatic N) is 5. The molecule has 0 atom stereocenters. The van der Waals surface area contributed by atoms with Crippen LogP contribution < -0.4 is 15.5 Å². The lowest BCUT2D eigenvalue weighted by molar-refractivity contribution is -0.116. The second-order valence-electron chi connectivity index (χ2n) is 5.71. The van der Waals surface area contributed by atoms with Crippen LogP contribution in [0, 0.1) is 6.92 Å². The zero-order chi connectivity index (χ0) is 19.4. The van der Waals surface area contributed by atoms with Crippen molar-refractivity contribution in [1.82, 2.24) is 24.5 Å². The maximum absolute atomic E-state index is 12.3. The minimum absolute atomic E-state index is 0.0166. The van der Waals surface area contributed by atoms with E-state index in [-0.39, 0.29) is 23.6 Å². The Kier molecular flexibility index (Phi) is 5.60. The van der Waals surface area contributed by atoms with E-state index in [1.807, 2.05) is 7.05 Å². The van der Waals surface area contributed by atoms with Gasteiger partial charge in [0.15, 0.2) is 16.7 Å². The highest BCUT2D eigenvalue weighted by atomic mass is 32.2. The molecule has 0 fully saturated rings. The Labute approximate surface area is 158 Å². The fourth-order valence-electron chi connectivity index (χ4n) is 2.32. The van der Waals surface area contributed by atoms with Crippen molar-refractivity contribution < 1.29 is 14.1 Å². The van der Waals surface area contributed by atoms with Crippen molar-refractivity contribution in [3.63, 3.8) is 0 Å². The predicted molar refractivity (Wildman–Crippen MR) is 97.7 cm³/mol. The van der Waals surface area contributed by atoms with Gasteiger partial charge in [-0.05, 0) is 6.92 Å². The van der Waals surface area contributed by atoms with Crippen molar-refractivity contribution >= 4 is 23.5 Å². The molecule has 11 heteroatoms. The molecule has 0 aliphatic rings. The predicted octanol–water partition coefficient (Wildman–Crippen LogP) is 1.21. The van der Waals surface area contributed by atoms with Crippen LogP contribution in [0.25, 0.3) is 0 Å². The average Bonchev–Trinajstić information content (AvgIpc) is 3.22. The molecule has 0 spiro atoms. The van der Waals surface area contributed by atoms with E-state index in [1.165, 1.54) is 31.1 Å². The Hall–Kier alpha value is -3.08. The first-order chi connectivity index (χ1) is 13.0. The van der Waals surface area contributed by atoms with Gasteiger partial charge in [0.2, 0.25) is 11.3 Å². The third-order valence-electron chi connectivity index (χ3n) is 3.63. The molecule has 0 saturated heterocycles. The fraction of sp³-hybridized carbons (Fsp3) is 0.312. The largest absolute Gasteiger partial charge is 0.491 e. The molecule has 0 aliphatic heterocycles. The molecule has 0 aliphatic carbocycles. The highest BCUT2D eigenvalue weighted by molar-refractivity contribution is 7.98. The van der Waals surface area contributed by atoms with Crippen molar-refractivity contribution in [2.45, 2.75) is 24.4 Å². The Morgan fingerprint density at radius 1 is 1.41 bits per heavy atom. The summed E-state index contributed by atoms with van der Waals surface area (Å²) in [5, 5.41) is 14.9. The van der Waals surface area contributed by atoms with Gasteiger partial charge in [0.1, 0.15) is 18.6 Å². The van der Waals surface area contributed by atoms with Gasteiger partial charge in [-0.15, -0.1) is 10.2 Å². The summed E-state index contributed by atoms with van der Waals surface area (Å²) >= 11 is 1.41. The lowest BCUT2D eigenvalue weighted by atomic mass is 10.3. The van der Waals surface area contributed by atoms with Gasteiger partial charge in [-0.2, -0.15) is 0 Å². The van der Waals surface area contributed by atoms with Crippen LogP contribution in [-0.4, -0.2) is 37.5 Å². The summed E-state index contributed by atoms with van der Waals surface area (Å²) in [4.78, 5) is 24.5. The number of rotatable bonds is 7. The number of carbonyl (C=O) groups excluding carboxylic acids is 1. The summed E-state index contributed by atoms with van der Waals surface area (Å²) in [5.41, 5.74) is 0.398. The number of amides is 1. The Morgan fingerprint density at radius 2 is 2.22 bits per heavy atom. The van der Waals surface area contributed by atoms with Gasteiger partial charge >= 0.3 is 0 Å². The van der Waals surface area contributed by atoms with Crippen LogP contribution >= 0.6 is 11.8 Å². The number of hydrogen-bond acceptors (Lipinski definition) is 8. The molecule has 1 amide bonds. The van der Waals surface area contributed by atoms with E-state index >= 15 is 0 Å². The number of nitrogens with one attached hydrogen (secondary N) is 1. The molecule has 0 bridgehead atoms. The van der Waals surface area contributed by atoms with Gasteiger partial charge in [0.25, 0.3) is 0 Å². The van der Waals surface area contributed by atoms with E-state index < -0.39 is 0 Å². The van der Waals surface area contributed by atoms with E-state index in [2.05, 4.69) is 20.7 Å². The number of carbonyl (C=O) groups is 1. The zero-order valence-electron chi connectivity index (χ0n) is 15.0. The van der Waals surface area contributed by atoms with Gasteiger partial charge in [-0.1, -0.05) is 16.9 Å². The summed E-state index contributed by atoms with van der Waals surface area (Å²) in [6.45, 7) is 1.72. The number of hydrogen-bond donors (Lipinski definition) is 1. The maximum Gasteiger partial charge on any atom is 0.245 e. The highest BCUT2D eigenvalue weighted by Crippen LogP contribution is 2.20. The van der Waals surface area contributed by atoms with Crippen LogP contribution in [-0.2, 0) is 24.1 Å². The average molecular weight is 390 g/mol. The molecule has 0 saturated carbocycles. The maximum atomic E-state index is 12.3. The first-order valence-corrected chi connectivity index (χ1v) is 8.92. The molecule has 3 rings (SSSR count). The van der Waals surface area contributed by atoms with Crippen LogP contribution in [0.15, 0.2) is 39.1 Å². The SMILES string of the molecule is COc1cn(CC(=O)Nc2cc(C)on2)c(CSc2nncn2C)cc1=O. The topological polar surface area (TPSA) is 117 Å². The second-order valence-corrected chi connectivity index (χ2v) is 6.65. The number of anilines is 1. The van der Waals surface area contributed by atoms with Gasteiger partial charge in [-0.3, -0.25) is 9.59 Å². The van der Waals surface area contributed by atoms with Gasteiger partial charge in [0, 0.05) is 30.6 Å². The van der Waals surface area contributed by atoms with Crippen LogP contribution in [0.2, 0.25) is 0 Å². The Morgan fingerprint density at radius 3 is 2.85 bits per heavy atom. The lowest BCUT2D eigenvalue weighted by Crippen LogP contribution is -2.23. The molecule has 3 aromatic heterocycles. The van der Waals surface area contributed by atoms with Crippen LogP contribution in [0.4, 0.5) is 5.82 Å². The number of aryl methyl sites for hydroxylation is 2. The molecule has 27 heavy (non-hydrogen) atoms. The monoisotopic (exact) mass is 390 g/mol. The van der Waals surface area contributed by atoms with E-state index in [9.17, 15) is 9.59 Å². The van der Waals surface area contributed by atoms with Gasteiger partial charge < -0.3 is 23.7 Å². The molecular formula is C16H18N6O4S. The molecular weight excluding hydrogens is 372 g/mol. The van der Waals surface area contributed by atoms with Gasteiger partial charge in [0.05, 0.1) is 13.3 Å². The molecule has 3 heterocycles. The smallest absolute Gasteiger partial charge is 0.245 e. The lowest BCUT2D eigenvalue weighted by Gasteiger charge is -2.14. The number of aromatic nitrogens is 5. The number of pyridine rings is 1. The first kappa shape index (κ1) is 18.7. The normalized spacial score (nSPS) is 10.8. The standard InChI is InChI=1S/C16H18N6O4S/c1-10-4-14(20-26-10)18-15(24)7-22-6-13(25-3)12(23)5-11(22)8-27-16-19-17-9-21(16)2/h4-6,9H,7-8H2,1-3H3,(H,18,20,24). The second kappa shape index (κ2) is 8.08. The molecule has 10 nitrogen and oxygen atoms in total. The first-order valence-electron chi connectivity index (χ1n) is 7.93. The van der Waals surface area contributed by atoms with Crippen molar-refractivity contribution in [2.24, 2.45) is 7.05 Å². The summed E-state index contributed by atoms with van der Waals surface area (Å²) in [5.74, 6) is 1.21. The van der Waals surface area contributed by atoms with Crippen LogP contribution in [0.5, 0.6) is 5.75 Å². The van der Waals surface area contributed by atoms with E-state index in [4.69, 9.17) is 9.26 Å². The number of ether oxygens (including phenoxy) is 1. The molecule has 0 aromatic carbocycles.